The van der Waals surface area contributed by atoms with Crippen LogP contribution in [0, 0.1) is 0 Å². The molecular weight excluding hydrogens is 389 g/mol. The highest BCUT2D eigenvalue weighted by molar-refractivity contribution is 5.96. The molecule has 0 saturated carbocycles. The molecule has 0 aliphatic rings. The van der Waals surface area contributed by atoms with E-state index in [1.165, 1.54) is 18.2 Å². The van der Waals surface area contributed by atoms with Gasteiger partial charge in [0, 0.05) is 29.6 Å². The molecule has 152 valence electrons. The van der Waals surface area contributed by atoms with Gasteiger partial charge in [0.15, 0.2) is 0 Å². The summed E-state index contributed by atoms with van der Waals surface area (Å²) in [5.74, 6) is -0.965. The van der Waals surface area contributed by atoms with Crippen molar-refractivity contribution in [3.8, 4) is 0 Å². The first-order valence-electron chi connectivity index (χ1n) is 9.50. The fourth-order valence-corrected chi connectivity index (χ4v) is 3.69. The first-order chi connectivity index (χ1) is 14.4. The number of hydrogen-bond donors (Lipinski definition) is 2. The van der Waals surface area contributed by atoms with Crippen molar-refractivity contribution >= 4 is 16.8 Å². The zero-order valence-corrected chi connectivity index (χ0v) is 15.9. The van der Waals surface area contributed by atoms with Crippen LogP contribution in [0.15, 0.2) is 85.1 Å². The Bertz CT molecular complexity index is 1170. The van der Waals surface area contributed by atoms with Gasteiger partial charge in [-0.2, -0.15) is 13.2 Å². The lowest BCUT2D eigenvalue weighted by atomic mass is 9.90. The van der Waals surface area contributed by atoms with Gasteiger partial charge in [-0.1, -0.05) is 60.7 Å². The SMILES string of the molecule is O=C(NC[C@H](c1ccccc1)c1c[nH]c2ccccc12)c1ccccc1C(F)(F)F. The van der Waals surface area contributed by atoms with Crippen LogP contribution >= 0.6 is 0 Å². The molecule has 6 heteroatoms. The highest BCUT2D eigenvalue weighted by Crippen LogP contribution is 2.33. The molecule has 1 amide bonds. The zero-order chi connectivity index (χ0) is 21.1. The van der Waals surface area contributed by atoms with E-state index in [9.17, 15) is 18.0 Å². The number of para-hydroxylation sites is 1. The van der Waals surface area contributed by atoms with Crippen molar-refractivity contribution in [3.05, 3.63) is 107 Å². The summed E-state index contributed by atoms with van der Waals surface area (Å²) in [6, 6.07) is 22.2. The van der Waals surface area contributed by atoms with Crippen LogP contribution in [-0.4, -0.2) is 17.4 Å². The molecule has 2 N–H and O–H groups in total. The van der Waals surface area contributed by atoms with Crippen molar-refractivity contribution < 1.29 is 18.0 Å². The Kier molecular flexibility index (Phi) is 5.31. The van der Waals surface area contributed by atoms with E-state index in [0.717, 1.165) is 28.1 Å². The molecule has 1 aromatic heterocycles. The Morgan fingerprint density at radius 1 is 0.900 bits per heavy atom. The minimum absolute atomic E-state index is 0.164. The molecule has 0 radical (unpaired) electrons. The van der Waals surface area contributed by atoms with Gasteiger partial charge in [-0.15, -0.1) is 0 Å². The molecule has 0 spiro atoms. The normalized spacial score (nSPS) is 12.6. The van der Waals surface area contributed by atoms with Gasteiger partial charge in [0.05, 0.1) is 11.1 Å². The molecule has 1 heterocycles. The second-order valence-corrected chi connectivity index (χ2v) is 7.01. The van der Waals surface area contributed by atoms with Crippen LogP contribution in [0.5, 0.6) is 0 Å². The number of alkyl halides is 3. The Morgan fingerprint density at radius 3 is 2.33 bits per heavy atom. The molecular formula is C24H19F3N2O. The third kappa shape index (κ3) is 3.94. The van der Waals surface area contributed by atoms with Crippen molar-refractivity contribution in [2.45, 2.75) is 12.1 Å². The number of halogens is 3. The van der Waals surface area contributed by atoms with Crippen LogP contribution in [0.25, 0.3) is 10.9 Å². The third-order valence-electron chi connectivity index (χ3n) is 5.14. The van der Waals surface area contributed by atoms with E-state index in [-0.39, 0.29) is 18.0 Å². The van der Waals surface area contributed by atoms with Crippen molar-refractivity contribution in [2.24, 2.45) is 0 Å². The molecule has 0 saturated heterocycles. The van der Waals surface area contributed by atoms with E-state index in [2.05, 4.69) is 10.3 Å². The number of hydrogen-bond acceptors (Lipinski definition) is 1. The number of aromatic nitrogens is 1. The summed E-state index contributed by atoms with van der Waals surface area (Å²) < 4.78 is 39.9. The van der Waals surface area contributed by atoms with Crippen molar-refractivity contribution in [1.29, 1.82) is 0 Å². The van der Waals surface area contributed by atoms with Gasteiger partial charge in [0.2, 0.25) is 0 Å². The summed E-state index contributed by atoms with van der Waals surface area (Å²) >= 11 is 0. The van der Waals surface area contributed by atoms with Crippen LogP contribution in [-0.2, 0) is 6.18 Å². The maximum atomic E-state index is 13.3. The number of carbonyl (C=O) groups is 1. The lowest BCUT2D eigenvalue weighted by Gasteiger charge is -2.19. The molecule has 30 heavy (non-hydrogen) atoms. The van der Waals surface area contributed by atoms with E-state index in [1.807, 2.05) is 60.8 Å². The van der Waals surface area contributed by atoms with Gasteiger partial charge < -0.3 is 10.3 Å². The summed E-state index contributed by atoms with van der Waals surface area (Å²) in [6.07, 6.45) is -2.71. The number of H-pyrrole nitrogens is 1. The smallest absolute Gasteiger partial charge is 0.361 e. The van der Waals surface area contributed by atoms with Crippen molar-refractivity contribution in [1.82, 2.24) is 10.3 Å². The number of benzene rings is 3. The summed E-state index contributed by atoms with van der Waals surface area (Å²) in [5.41, 5.74) is 1.58. The first-order valence-corrected chi connectivity index (χ1v) is 9.50. The van der Waals surface area contributed by atoms with Crippen molar-refractivity contribution in [2.75, 3.05) is 6.54 Å². The molecule has 0 unspecified atom stereocenters. The first kappa shape index (κ1) is 19.8. The van der Waals surface area contributed by atoms with Gasteiger partial charge in [0.25, 0.3) is 5.91 Å². The average Bonchev–Trinajstić information content (AvgIpc) is 3.18. The van der Waals surface area contributed by atoms with Crippen LogP contribution in [0.3, 0.4) is 0 Å². The van der Waals surface area contributed by atoms with Gasteiger partial charge in [-0.25, -0.2) is 0 Å². The van der Waals surface area contributed by atoms with Crippen LogP contribution in [0.2, 0.25) is 0 Å². The number of aromatic amines is 1. The van der Waals surface area contributed by atoms with Crippen molar-refractivity contribution in [3.63, 3.8) is 0 Å². The predicted molar refractivity (Wildman–Crippen MR) is 110 cm³/mol. The highest BCUT2D eigenvalue weighted by atomic mass is 19.4. The molecule has 0 aliphatic carbocycles. The molecule has 4 aromatic rings. The minimum atomic E-state index is -4.59. The van der Waals surface area contributed by atoms with Crippen LogP contribution < -0.4 is 5.32 Å². The molecule has 0 fully saturated rings. The second-order valence-electron chi connectivity index (χ2n) is 7.01. The number of rotatable bonds is 5. The Balaban J connectivity index is 1.65. The van der Waals surface area contributed by atoms with E-state index < -0.39 is 17.6 Å². The zero-order valence-electron chi connectivity index (χ0n) is 15.9. The largest absolute Gasteiger partial charge is 0.417 e. The Morgan fingerprint density at radius 2 is 1.57 bits per heavy atom. The van der Waals surface area contributed by atoms with Gasteiger partial charge >= 0.3 is 6.18 Å². The number of fused-ring (bicyclic) bond motifs is 1. The Hall–Kier alpha value is -3.54. The third-order valence-corrected chi connectivity index (χ3v) is 5.14. The minimum Gasteiger partial charge on any atom is -0.361 e. The second kappa shape index (κ2) is 8.06. The summed E-state index contributed by atoms with van der Waals surface area (Å²) in [5, 5.41) is 3.72. The van der Waals surface area contributed by atoms with E-state index in [1.54, 1.807) is 0 Å². The topological polar surface area (TPSA) is 44.9 Å². The van der Waals surface area contributed by atoms with E-state index in [0.29, 0.717) is 0 Å². The van der Waals surface area contributed by atoms with Crippen LogP contribution in [0.1, 0.15) is 33.0 Å². The van der Waals surface area contributed by atoms with Gasteiger partial charge in [-0.05, 0) is 29.3 Å². The maximum absolute atomic E-state index is 13.3. The van der Waals surface area contributed by atoms with Gasteiger partial charge in [0.1, 0.15) is 0 Å². The highest BCUT2D eigenvalue weighted by Gasteiger charge is 2.35. The molecule has 4 rings (SSSR count). The van der Waals surface area contributed by atoms with Gasteiger partial charge in [-0.3, -0.25) is 4.79 Å². The maximum Gasteiger partial charge on any atom is 0.417 e. The fourth-order valence-electron chi connectivity index (χ4n) is 3.69. The molecule has 0 bridgehead atoms. The molecule has 1 atom stereocenters. The average molecular weight is 408 g/mol. The molecule has 3 nitrogen and oxygen atoms in total. The quantitative estimate of drug-likeness (QED) is 0.434. The standard InChI is InChI=1S/C24H19F3N2O/c25-24(26,27)21-12-6-4-11-18(21)23(30)29-14-19(16-8-2-1-3-9-16)20-15-28-22-13-7-5-10-17(20)22/h1-13,15,19,28H,14H2,(H,29,30)/t19-/m1/s1. The molecule has 3 aromatic carbocycles. The van der Waals surface area contributed by atoms with E-state index >= 15 is 0 Å². The molecule has 0 aliphatic heterocycles. The summed E-state index contributed by atoms with van der Waals surface area (Å²) in [6.45, 7) is 0.164. The fraction of sp³-hybridized carbons (Fsp3) is 0.125. The number of carbonyl (C=O) groups excluding carboxylic acids is 1. The predicted octanol–water partition coefficient (Wildman–Crippen LogP) is 5.75. The lowest BCUT2D eigenvalue weighted by Crippen LogP contribution is -2.30. The number of amides is 1. The van der Waals surface area contributed by atoms with E-state index in [4.69, 9.17) is 0 Å². The van der Waals surface area contributed by atoms with Crippen LogP contribution in [0.4, 0.5) is 13.2 Å². The summed E-state index contributed by atoms with van der Waals surface area (Å²) in [7, 11) is 0. The number of nitrogens with one attached hydrogen (secondary N) is 2. The monoisotopic (exact) mass is 408 g/mol. The lowest BCUT2D eigenvalue weighted by molar-refractivity contribution is -0.137. The Labute approximate surface area is 171 Å². The summed E-state index contributed by atoms with van der Waals surface area (Å²) in [4.78, 5) is 15.9.